The van der Waals surface area contributed by atoms with Crippen LogP contribution < -0.4 is 14.4 Å². The molecular formula is C29H33N5O4S. The van der Waals surface area contributed by atoms with Crippen molar-refractivity contribution >= 4 is 33.8 Å². The van der Waals surface area contributed by atoms with Crippen LogP contribution >= 0.6 is 0 Å². The second-order valence-electron chi connectivity index (χ2n) is 11.5. The molecule has 4 aliphatic rings. The molecular weight excluding hydrogens is 514 g/mol. The van der Waals surface area contributed by atoms with E-state index in [9.17, 15) is 13.6 Å². The summed E-state index contributed by atoms with van der Waals surface area (Å²) in [7, 11) is 1.83. The number of hydrogen-bond acceptors (Lipinski definition) is 6. The Hall–Kier alpha value is -2.92. The van der Waals surface area contributed by atoms with Crippen LogP contribution in [0.4, 0.5) is 5.69 Å². The Morgan fingerprint density at radius 1 is 1.08 bits per heavy atom. The first-order valence-electron chi connectivity index (χ1n) is 13.9. The van der Waals surface area contributed by atoms with Crippen LogP contribution in [0.3, 0.4) is 0 Å². The highest BCUT2D eigenvalue weighted by atomic mass is 32.2. The number of carbonyl (C=O) groups is 1. The Kier molecular flexibility index (Phi) is 6.00. The Labute approximate surface area is 230 Å². The molecule has 1 aromatic carbocycles. The van der Waals surface area contributed by atoms with E-state index < -0.39 is 22.2 Å². The minimum Gasteiger partial charge on any atom is -0.477 e. The number of carbonyl (C=O) groups excluding carboxylic acids is 1. The number of aromatic nitrogens is 2. The van der Waals surface area contributed by atoms with Gasteiger partial charge in [-0.3, -0.25) is 14.3 Å². The second-order valence-corrected chi connectivity index (χ2v) is 12.2. The van der Waals surface area contributed by atoms with Gasteiger partial charge in [0, 0.05) is 41.9 Å². The van der Waals surface area contributed by atoms with Gasteiger partial charge in [0.25, 0.3) is 0 Å². The molecule has 204 valence electrons. The minimum absolute atomic E-state index is 0.158. The Bertz CT molecular complexity index is 1500. The highest BCUT2D eigenvalue weighted by molar-refractivity contribution is 7.77. The normalized spacial score (nSPS) is 21.5. The van der Waals surface area contributed by atoms with Crippen LogP contribution in [-0.2, 0) is 27.0 Å². The fourth-order valence-corrected chi connectivity index (χ4v) is 7.14. The molecule has 1 spiro atoms. The molecule has 0 bridgehead atoms. The Balaban J connectivity index is 1.23. The van der Waals surface area contributed by atoms with Gasteiger partial charge < -0.3 is 14.5 Å². The van der Waals surface area contributed by atoms with Gasteiger partial charge in [-0.15, -0.1) is 0 Å². The van der Waals surface area contributed by atoms with Crippen LogP contribution in [-0.4, -0.2) is 62.8 Å². The molecule has 2 aliphatic carbocycles. The molecule has 0 radical (unpaired) electrons. The molecule has 9 nitrogen and oxygen atoms in total. The monoisotopic (exact) mass is 547 g/mol. The molecule has 7 rings (SSSR count). The van der Waals surface area contributed by atoms with E-state index >= 15 is 0 Å². The van der Waals surface area contributed by atoms with Crippen LogP contribution in [0.1, 0.15) is 56.1 Å². The molecule has 1 atom stereocenters. The molecule has 4 heterocycles. The topological polar surface area (TPSA) is 108 Å². The van der Waals surface area contributed by atoms with Gasteiger partial charge in [0.15, 0.2) is 0 Å². The van der Waals surface area contributed by atoms with Crippen molar-refractivity contribution < 1.29 is 18.3 Å². The molecule has 3 fully saturated rings. The zero-order valence-electron chi connectivity index (χ0n) is 22.1. The van der Waals surface area contributed by atoms with E-state index in [1.807, 2.05) is 37.6 Å². The average molecular weight is 548 g/mol. The molecule has 2 saturated carbocycles. The third kappa shape index (κ3) is 4.25. The van der Waals surface area contributed by atoms with Gasteiger partial charge in [-0.2, -0.15) is 0 Å². The number of pyridine rings is 2. The van der Waals surface area contributed by atoms with Crippen molar-refractivity contribution in [2.24, 2.45) is 0 Å². The van der Waals surface area contributed by atoms with E-state index in [-0.39, 0.29) is 5.91 Å². The first-order chi connectivity index (χ1) is 18.9. The summed E-state index contributed by atoms with van der Waals surface area (Å²) in [6.07, 6.45) is 10.3. The fraction of sp³-hybridized carbons (Fsp3) is 0.483. The number of likely N-dealkylation sites (N-methyl/N-ethyl adjacent to an activating group) is 1. The summed E-state index contributed by atoms with van der Waals surface area (Å²) in [5, 5.41) is 1.000. The van der Waals surface area contributed by atoms with Crippen molar-refractivity contribution in [3.63, 3.8) is 0 Å². The van der Waals surface area contributed by atoms with Crippen LogP contribution in [0.15, 0.2) is 36.7 Å². The predicted octanol–water partition coefficient (Wildman–Crippen LogP) is 3.88. The van der Waals surface area contributed by atoms with E-state index in [0.717, 1.165) is 90.6 Å². The number of likely N-dealkylation sites (tertiary alicyclic amines) is 1. The van der Waals surface area contributed by atoms with E-state index in [2.05, 4.69) is 20.7 Å². The number of nitrogens with one attached hydrogen (secondary N) is 1. The number of amides is 1. The molecule has 3 aromatic rings. The molecule has 2 aromatic heterocycles. The summed E-state index contributed by atoms with van der Waals surface area (Å²) in [6.45, 7) is 3.87. The van der Waals surface area contributed by atoms with Gasteiger partial charge in [-0.1, -0.05) is 6.07 Å². The van der Waals surface area contributed by atoms with Crippen molar-refractivity contribution in [2.75, 3.05) is 38.2 Å². The first-order valence-corrected chi connectivity index (χ1v) is 15.0. The lowest BCUT2D eigenvalue weighted by molar-refractivity contribution is -0.119. The number of fused-ring (bicyclic) bond motifs is 4. The van der Waals surface area contributed by atoms with Crippen LogP contribution in [0, 0.1) is 0 Å². The summed E-state index contributed by atoms with van der Waals surface area (Å²) in [6, 6.07) is 8.18. The summed E-state index contributed by atoms with van der Waals surface area (Å²) in [5.74, 6) is 0.675. The van der Waals surface area contributed by atoms with E-state index in [0.29, 0.717) is 12.5 Å². The Morgan fingerprint density at radius 2 is 1.87 bits per heavy atom. The van der Waals surface area contributed by atoms with Crippen molar-refractivity contribution in [1.29, 1.82) is 0 Å². The summed E-state index contributed by atoms with van der Waals surface area (Å²) < 4.78 is 30.4. The van der Waals surface area contributed by atoms with Gasteiger partial charge in [0.05, 0.1) is 35.0 Å². The number of nitrogens with zero attached hydrogens (tertiary/aromatic N) is 4. The molecule has 2 aliphatic heterocycles. The summed E-state index contributed by atoms with van der Waals surface area (Å²) in [5.41, 5.74) is 4.49. The molecule has 1 amide bonds. The molecule has 39 heavy (non-hydrogen) atoms. The van der Waals surface area contributed by atoms with Crippen LogP contribution in [0.25, 0.3) is 22.0 Å². The third-order valence-electron chi connectivity index (χ3n) is 8.94. The lowest BCUT2D eigenvalue weighted by atomic mass is 9.92. The van der Waals surface area contributed by atoms with Gasteiger partial charge in [-0.05, 0) is 81.8 Å². The lowest BCUT2D eigenvalue weighted by Gasteiger charge is -2.20. The molecule has 1 saturated heterocycles. The van der Waals surface area contributed by atoms with Gasteiger partial charge in [0.1, 0.15) is 0 Å². The summed E-state index contributed by atoms with van der Waals surface area (Å²) >= 11 is -2.15. The van der Waals surface area contributed by atoms with Crippen molar-refractivity contribution in [1.82, 2.24) is 19.6 Å². The van der Waals surface area contributed by atoms with Gasteiger partial charge >= 0.3 is 0 Å². The van der Waals surface area contributed by atoms with Gasteiger partial charge in [0.2, 0.25) is 23.1 Å². The molecule has 2 N–H and O–H groups in total. The highest BCUT2D eigenvalue weighted by Gasteiger charge is 2.59. The van der Waals surface area contributed by atoms with E-state index in [4.69, 9.17) is 9.72 Å². The maximum Gasteiger partial charge on any atom is 0.237 e. The lowest BCUT2D eigenvalue weighted by Crippen LogP contribution is -2.31. The number of anilines is 1. The average Bonchev–Trinajstić information content (AvgIpc) is 3.84. The number of benzene rings is 1. The zero-order chi connectivity index (χ0) is 26.8. The third-order valence-corrected chi connectivity index (χ3v) is 9.51. The predicted molar refractivity (Wildman–Crippen MR) is 150 cm³/mol. The quantitative estimate of drug-likeness (QED) is 0.309. The Morgan fingerprint density at radius 3 is 2.59 bits per heavy atom. The maximum absolute atomic E-state index is 13.0. The van der Waals surface area contributed by atoms with Gasteiger partial charge in [-0.25, -0.2) is 13.9 Å². The number of hydrogen-bond donors (Lipinski definition) is 2. The summed E-state index contributed by atoms with van der Waals surface area (Å²) in [4.78, 5) is 26.6. The van der Waals surface area contributed by atoms with Crippen molar-refractivity contribution in [3.8, 4) is 17.0 Å². The van der Waals surface area contributed by atoms with Crippen LogP contribution in [0.2, 0.25) is 0 Å². The van der Waals surface area contributed by atoms with E-state index in [1.54, 1.807) is 4.90 Å². The maximum atomic E-state index is 13.0. The first kappa shape index (κ1) is 25.1. The smallest absolute Gasteiger partial charge is 0.237 e. The minimum atomic E-state index is -2.15. The van der Waals surface area contributed by atoms with Crippen molar-refractivity contribution in [3.05, 3.63) is 47.8 Å². The van der Waals surface area contributed by atoms with Crippen molar-refractivity contribution in [2.45, 2.75) is 55.9 Å². The standard InChI is InChI=1S/C29H33N5O4S/c1-33-24-18-30-23-6-5-19(15-21(23)25(24)28(7-8-28)27(33)35)20-16-22(29(9-10-29)32-39(36)37)26(31-17-20)38-14-4-13-34-11-2-3-12-34/h5-6,15-18,32H,2-4,7-14H2,1H3,(H,36,37). The van der Waals surface area contributed by atoms with Crippen LogP contribution in [0.5, 0.6) is 5.88 Å². The SMILES string of the molecule is CN1C(=O)C2(CC2)c2c1cnc1ccc(-c3cnc(OCCCN4CCCC4)c(C4(NS(=O)O)CC4)c3)cc21. The number of rotatable bonds is 9. The number of ether oxygens (including phenoxy) is 1. The molecule has 10 heteroatoms. The highest BCUT2D eigenvalue weighted by Crippen LogP contribution is 2.59. The fourth-order valence-electron chi connectivity index (χ4n) is 6.49. The molecule has 1 unspecified atom stereocenters. The zero-order valence-corrected chi connectivity index (χ0v) is 22.9. The largest absolute Gasteiger partial charge is 0.477 e. The second kappa shape index (κ2) is 9.33. The van der Waals surface area contributed by atoms with E-state index in [1.165, 1.54) is 12.8 Å².